The molecule has 0 unspecified atom stereocenters. The van der Waals surface area contributed by atoms with Crippen LogP contribution in [0.2, 0.25) is 0 Å². The predicted molar refractivity (Wildman–Crippen MR) is 73.3 cm³/mol. The average molecular weight is 264 g/mol. The first-order valence-electron chi connectivity index (χ1n) is 6.50. The van der Waals surface area contributed by atoms with Gasteiger partial charge in [-0.1, -0.05) is 0 Å². The van der Waals surface area contributed by atoms with Crippen molar-refractivity contribution in [1.82, 2.24) is 5.32 Å². The van der Waals surface area contributed by atoms with Gasteiger partial charge in [-0.25, -0.2) is 0 Å². The Labute approximate surface area is 113 Å². The van der Waals surface area contributed by atoms with E-state index in [1.807, 2.05) is 6.92 Å². The zero-order chi connectivity index (χ0) is 13.8. The molecule has 1 aliphatic carbocycles. The Bertz CT molecular complexity index is 456. The molecule has 0 heterocycles. The third-order valence-corrected chi connectivity index (χ3v) is 3.33. The Balaban J connectivity index is 1.90. The van der Waals surface area contributed by atoms with Crippen molar-refractivity contribution in [2.75, 3.05) is 19.5 Å². The van der Waals surface area contributed by atoms with Crippen LogP contribution in [0.4, 0.5) is 5.69 Å². The maximum absolute atomic E-state index is 12.0. The first-order chi connectivity index (χ1) is 9.13. The maximum Gasteiger partial charge on any atom is 0.251 e. The normalized spacial score (nSPS) is 21.6. The van der Waals surface area contributed by atoms with E-state index in [0.717, 1.165) is 19.4 Å². The predicted octanol–water partition coefficient (Wildman–Crippen LogP) is 1.57. The minimum atomic E-state index is -0.0988. The standard InChI is InChI=1S/C14H20N2O3/c1-3-19-11-7-10(8-11)16-14(17)9-4-5-12(15)13(6-9)18-2/h4-6,10-11H,3,7-8,15H2,1-2H3,(H,16,17). The third kappa shape index (κ3) is 3.17. The van der Waals surface area contributed by atoms with E-state index in [1.165, 1.54) is 7.11 Å². The quantitative estimate of drug-likeness (QED) is 0.792. The topological polar surface area (TPSA) is 73.6 Å². The van der Waals surface area contributed by atoms with Crippen LogP contribution in [0.5, 0.6) is 5.75 Å². The molecule has 19 heavy (non-hydrogen) atoms. The number of benzene rings is 1. The molecule has 0 aromatic heterocycles. The Morgan fingerprint density at radius 3 is 2.84 bits per heavy atom. The molecule has 1 fully saturated rings. The first kappa shape index (κ1) is 13.7. The second-order valence-corrected chi connectivity index (χ2v) is 4.68. The van der Waals surface area contributed by atoms with Crippen LogP contribution in [-0.2, 0) is 4.74 Å². The highest BCUT2D eigenvalue weighted by molar-refractivity contribution is 5.95. The number of hydrogen-bond donors (Lipinski definition) is 2. The van der Waals surface area contributed by atoms with Crippen molar-refractivity contribution >= 4 is 11.6 Å². The molecule has 0 saturated heterocycles. The summed E-state index contributed by atoms with van der Waals surface area (Å²) in [5.74, 6) is 0.423. The molecule has 104 valence electrons. The molecule has 1 aliphatic rings. The lowest BCUT2D eigenvalue weighted by atomic mass is 9.89. The minimum absolute atomic E-state index is 0.0988. The number of nitrogens with one attached hydrogen (secondary N) is 1. The molecule has 0 atom stereocenters. The van der Waals surface area contributed by atoms with E-state index in [2.05, 4.69) is 5.32 Å². The van der Waals surface area contributed by atoms with E-state index in [-0.39, 0.29) is 18.1 Å². The fourth-order valence-corrected chi connectivity index (χ4v) is 2.18. The second kappa shape index (κ2) is 5.93. The number of carbonyl (C=O) groups excluding carboxylic acids is 1. The zero-order valence-electron chi connectivity index (χ0n) is 11.3. The van der Waals surface area contributed by atoms with E-state index < -0.39 is 0 Å². The monoisotopic (exact) mass is 264 g/mol. The van der Waals surface area contributed by atoms with E-state index >= 15 is 0 Å². The van der Waals surface area contributed by atoms with Crippen molar-refractivity contribution in [2.45, 2.75) is 31.9 Å². The number of ether oxygens (including phenoxy) is 2. The number of hydrogen-bond acceptors (Lipinski definition) is 4. The highest BCUT2D eigenvalue weighted by Gasteiger charge is 2.30. The van der Waals surface area contributed by atoms with Gasteiger partial charge in [0.05, 0.1) is 18.9 Å². The molecule has 0 aliphatic heterocycles. The van der Waals surface area contributed by atoms with Crippen LogP contribution >= 0.6 is 0 Å². The van der Waals surface area contributed by atoms with Crippen LogP contribution in [0.3, 0.4) is 0 Å². The van der Waals surface area contributed by atoms with Gasteiger partial charge in [0.2, 0.25) is 0 Å². The number of nitrogen functional groups attached to an aromatic ring is 1. The number of anilines is 1. The Morgan fingerprint density at radius 1 is 1.47 bits per heavy atom. The smallest absolute Gasteiger partial charge is 0.251 e. The van der Waals surface area contributed by atoms with Crippen LogP contribution in [0.25, 0.3) is 0 Å². The van der Waals surface area contributed by atoms with E-state index in [1.54, 1.807) is 18.2 Å². The number of carbonyl (C=O) groups is 1. The number of rotatable bonds is 5. The molecule has 5 heteroatoms. The SMILES string of the molecule is CCOC1CC(NC(=O)c2ccc(N)c(OC)c2)C1. The van der Waals surface area contributed by atoms with Gasteiger partial charge in [0.1, 0.15) is 5.75 Å². The summed E-state index contributed by atoms with van der Waals surface area (Å²) in [5, 5.41) is 2.98. The van der Waals surface area contributed by atoms with Gasteiger partial charge in [-0.3, -0.25) is 4.79 Å². The van der Waals surface area contributed by atoms with Gasteiger partial charge in [-0.05, 0) is 38.0 Å². The highest BCUT2D eigenvalue weighted by Crippen LogP contribution is 2.25. The Hall–Kier alpha value is -1.75. The average Bonchev–Trinajstić information content (AvgIpc) is 2.36. The molecular formula is C14H20N2O3. The third-order valence-electron chi connectivity index (χ3n) is 3.33. The molecule has 2 rings (SSSR count). The molecule has 3 N–H and O–H groups in total. The van der Waals surface area contributed by atoms with Crippen LogP contribution < -0.4 is 15.8 Å². The van der Waals surface area contributed by atoms with Crippen LogP contribution in [-0.4, -0.2) is 31.8 Å². The van der Waals surface area contributed by atoms with Crippen molar-refractivity contribution in [3.05, 3.63) is 23.8 Å². The molecule has 5 nitrogen and oxygen atoms in total. The summed E-state index contributed by atoms with van der Waals surface area (Å²) in [6.45, 7) is 2.70. The Kier molecular flexibility index (Phi) is 4.27. The van der Waals surface area contributed by atoms with Crippen LogP contribution in [0.1, 0.15) is 30.1 Å². The maximum atomic E-state index is 12.0. The van der Waals surface area contributed by atoms with Crippen molar-refractivity contribution in [1.29, 1.82) is 0 Å². The fraction of sp³-hybridized carbons (Fsp3) is 0.500. The second-order valence-electron chi connectivity index (χ2n) is 4.68. The van der Waals surface area contributed by atoms with Crippen molar-refractivity contribution < 1.29 is 14.3 Å². The number of nitrogens with two attached hydrogens (primary N) is 1. The summed E-state index contributed by atoms with van der Waals surface area (Å²) < 4.78 is 10.6. The number of amides is 1. The Morgan fingerprint density at radius 2 is 2.21 bits per heavy atom. The van der Waals surface area contributed by atoms with Crippen molar-refractivity contribution in [3.63, 3.8) is 0 Å². The van der Waals surface area contributed by atoms with Gasteiger partial charge in [-0.2, -0.15) is 0 Å². The molecule has 1 saturated carbocycles. The van der Waals surface area contributed by atoms with Gasteiger partial charge < -0.3 is 20.5 Å². The van der Waals surface area contributed by atoms with Crippen molar-refractivity contribution in [2.24, 2.45) is 0 Å². The molecule has 1 amide bonds. The van der Waals surface area contributed by atoms with Gasteiger partial charge in [-0.15, -0.1) is 0 Å². The van der Waals surface area contributed by atoms with Gasteiger partial charge >= 0.3 is 0 Å². The summed E-state index contributed by atoms with van der Waals surface area (Å²) in [6.07, 6.45) is 2.05. The first-order valence-corrected chi connectivity index (χ1v) is 6.50. The summed E-state index contributed by atoms with van der Waals surface area (Å²) in [7, 11) is 1.53. The lowest BCUT2D eigenvalue weighted by molar-refractivity contribution is -0.00862. The largest absolute Gasteiger partial charge is 0.495 e. The van der Waals surface area contributed by atoms with Gasteiger partial charge in [0, 0.05) is 18.2 Å². The van der Waals surface area contributed by atoms with E-state index in [9.17, 15) is 4.79 Å². The molecule has 1 aromatic carbocycles. The molecule has 0 bridgehead atoms. The fourth-order valence-electron chi connectivity index (χ4n) is 2.18. The van der Waals surface area contributed by atoms with E-state index in [0.29, 0.717) is 17.0 Å². The van der Waals surface area contributed by atoms with Crippen molar-refractivity contribution in [3.8, 4) is 5.75 Å². The summed E-state index contributed by atoms with van der Waals surface area (Å²) in [6, 6.07) is 5.24. The highest BCUT2D eigenvalue weighted by atomic mass is 16.5. The van der Waals surface area contributed by atoms with E-state index in [4.69, 9.17) is 15.2 Å². The zero-order valence-corrected chi connectivity index (χ0v) is 11.3. The molecular weight excluding hydrogens is 244 g/mol. The molecule has 1 aromatic rings. The van der Waals surface area contributed by atoms with Crippen LogP contribution in [0, 0.1) is 0 Å². The lowest BCUT2D eigenvalue weighted by Crippen LogP contribution is -2.47. The minimum Gasteiger partial charge on any atom is -0.495 e. The molecule has 0 spiro atoms. The number of methoxy groups -OCH3 is 1. The lowest BCUT2D eigenvalue weighted by Gasteiger charge is -2.35. The summed E-state index contributed by atoms with van der Waals surface area (Å²) in [5.41, 5.74) is 6.80. The van der Waals surface area contributed by atoms with Crippen LogP contribution in [0.15, 0.2) is 18.2 Å². The summed E-state index contributed by atoms with van der Waals surface area (Å²) >= 11 is 0. The summed E-state index contributed by atoms with van der Waals surface area (Å²) in [4.78, 5) is 12.0. The van der Waals surface area contributed by atoms with Gasteiger partial charge in [0.15, 0.2) is 0 Å². The van der Waals surface area contributed by atoms with Gasteiger partial charge in [0.25, 0.3) is 5.91 Å². The molecule has 0 radical (unpaired) electrons.